The zero-order chi connectivity index (χ0) is 12.3. The molecule has 0 spiro atoms. The zero-order valence-corrected chi connectivity index (χ0v) is 10.6. The van der Waals surface area contributed by atoms with Crippen molar-refractivity contribution in [3.8, 4) is 0 Å². The summed E-state index contributed by atoms with van der Waals surface area (Å²) in [5.74, 6) is -0.489. The molecule has 0 aliphatic rings. The van der Waals surface area contributed by atoms with E-state index in [1.807, 2.05) is 0 Å². The molecule has 1 rings (SSSR count). The minimum atomic E-state index is -4.05. The van der Waals surface area contributed by atoms with Crippen LogP contribution in [0.5, 0.6) is 0 Å². The first-order valence-corrected chi connectivity index (χ1v) is 6.78. The van der Waals surface area contributed by atoms with Gasteiger partial charge in [0.25, 0.3) is 10.1 Å². The van der Waals surface area contributed by atoms with Crippen LogP contribution in [-0.4, -0.2) is 24.8 Å². The first-order valence-electron chi connectivity index (χ1n) is 4.42. The number of rotatable bonds is 4. The molecule has 1 aromatic carbocycles. The number of benzene rings is 1. The van der Waals surface area contributed by atoms with E-state index in [1.54, 1.807) is 18.2 Å². The fourth-order valence-electron chi connectivity index (χ4n) is 1.36. The Morgan fingerprint density at radius 3 is 2.19 bits per heavy atom. The van der Waals surface area contributed by atoms with Crippen molar-refractivity contribution < 1.29 is 13.0 Å². The second kappa shape index (κ2) is 5.33. The predicted octanol–water partition coefficient (Wildman–Crippen LogP) is 1.75. The third kappa shape index (κ3) is 5.14. The number of nitrogens with two attached hydrogens (primary N) is 1. The maximum Gasteiger partial charge on any atom is 0.266 e. The van der Waals surface area contributed by atoms with Crippen LogP contribution in [0.4, 0.5) is 0 Å². The van der Waals surface area contributed by atoms with Gasteiger partial charge in [0, 0.05) is 16.1 Å². The van der Waals surface area contributed by atoms with Gasteiger partial charge in [0.1, 0.15) is 0 Å². The Morgan fingerprint density at radius 1 is 1.25 bits per heavy atom. The van der Waals surface area contributed by atoms with Crippen LogP contribution >= 0.6 is 23.2 Å². The average Bonchev–Trinajstić information content (AvgIpc) is 1.96. The topological polar surface area (TPSA) is 80.4 Å². The quantitative estimate of drug-likeness (QED) is 0.825. The van der Waals surface area contributed by atoms with Crippen molar-refractivity contribution in [3.05, 3.63) is 33.8 Å². The van der Waals surface area contributed by atoms with Crippen molar-refractivity contribution in [1.29, 1.82) is 0 Å². The summed E-state index contributed by atoms with van der Waals surface area (Å²) in [7, 11) is -4.05. The van der Waals surface area contributed by atoms with Crippen LogP contribution in [0.3, 0.4) is 0 Å². The fourth-order valence-corrected chi connectivity index (χ4v) is 2.59. The van der Waals surface area contributed by atoms with E-state index in [2.05, 4.69) is 0 Å². The lowest BCUT2D eigenvalue weighted by Gasteiger charge is -2.10. The van der Waals surface area contributed by atoms with Crippen molar-refractivity contribution in [2.45, 2.75) is 12.5 Å². The van der Waals surface area contributed by atoms with E-state index in [0.717, 1.165) is 5.56 Å². The minimum absolute atomic E-state index is 0.278. The molecule has 0 saturated carbocycles. The van der Waals surface area contributed by atoms with E-state index >= 15 is 0 Å². The molecule has 0 amide bonds. The molecule has 0 saturated heterocycles. The van der Waals surface area contributed by atoms with Crippen LogP contribution in [0.25, 0.3) is 0 Å². The zero-order valence-electron chi connectivity index (χ0n) is 8.23. The molecule has 0 unspecified atom stereocenters. The molecule has 0 bridgehead atoms. The van der Waals surface area contributed by atoms with Gasteiger partial charge >= 0.3 is 0 Å². The smallest absolute Gasteiger partial charge is 0.266 e. The number of hydrogen-bond donors (Lipinski definition) is 2. The van der Waals surface area contributed by atoms with Gasteiger partial charge in [-0.15, -0.1) is 0 Å². The SMILES string of the molecule is N[C@H](Cc1cc(Cl)cc(Cl)c1)CS(=O)(=O)O. The Labute approximate surface area is 104 Å². The van der Waals surface area contributed by atoms with Gasteiger partial charge in [-0.1, -0.05) is 23.2 Å². The van der Waals surface area contributed by atoms with Gasteiger partial charge in [-0.05, 0) is 30.2 Å². The second-order valence-electron chi connectivity index (χ2n) is 3.49. The summed E-state index contributed by atoms with van der Waals surface area (Å²) in [6, 6.07) is 4.18. The van der Waals surface area contributed by atoms with Gasteiger partial charge in [-0.2, -0.15) is 8.42 Å². The van der Waals surface area contributed by atoms with Gasteiger partial charge in [-0.25, -0.2) is 0 Å². The molecule has 0 fully saturated rings. The molecular formula is C9H11Cl2NO3S. The Hall–Kier alpha value is -0.330. The van der Waals surface area contributed by atoms with Gasteiger partial charge in [0.05, 0.1) is 5.75 Å². The predicted molar refractivity (Wildman–Crippen MR) is 64.6 cm³/mol. The lowest BCUT2D eigenvalue weighted by Crippen LogP contribution is -2.31. The van der Waals surface area contributed by atoms with E-state index < -0.39 is 21.9 Å². The van der Waals surface area contributed by atoms with Crippen molar-refractivity contribution in [1.82, 2.24) is 0 Å². The van der Waals surface area contributed by atoms with Crippen molar-refractivity contribution in [2.75, 3.05) is 5.75 Å². The van der Waals surface area contributed by atoms with E-state index in [9.17, 15) is 8.42 Å². The van der Waals surface area contributed by atoms with Crippen LogP contribution in [0.2, 0.25) is 10.0 Å². The van der Waals surface area contributed by atoms with Gasteiger partial charge in [0.2, 0.25) is 0 Å². The highest BCUT2D eigenvalue weighted by Crippen LogP contribution is 2.19. The maximum atomic E-state index is 10.6. The Kier molecular flexibility index (Phi) is 4.58. The normalized spacial score (nSPS) is 13.8. The Bertz CT molecular complexity index is 455. The summed E-state index contributed by atoms with van der Waals surface area (Å²) in [5, 5.41) is 0.920. The molecule has 0 radical (unpaired) electrons. The summed E-state index contributed by atoms with van der Waals surface area (Å²) in [5.41, 5.74) is 6.30. The van der Waals surface area contributed by atoms with Crippen LogP contribution in [-0.2, 0) is 16.5 Å². The molecule has 4 nitrogen and oxygen atoms in total. The Balaban J connectivity index is 2.73. The maximum absolute atomic E-state index is 10.6. The second-order valence-corrected chi connectivity index (χ2v) is 5.86. The van der Waals surface area contributed by atoms with E-state index in [4.69, 9.17) is 33.5 Å². The highest BCUT2D eigenvalue weighted by Gasteiger charge is 2.13. The van der Waals surface area contributed by atoms with Gasteiger partial charge in [-0.3, -0.25) is 4.55 Å². The number of halogens is 2. The molecule has 0 heterocycles. The highest BCUT2D eigenvalue weighted by molar-refractivity contribution is 7.85. The summed E-state index contributed by atoms with van der Waals surface area (Å²) in [6.45, 7) is 0. The molecule has 3 N–H and O–H groups in total. The van der Waals surface area contributed by atoms with E-state index in [1.165, 1.54) is 0 Å². The van der Waals surface area contributed by atoms with Gasteiger partial charge in [0.15, 0.2) is 0 Å². The van der Waals surface area contributed by atoms with Crippen LogP contribution in [0, 0.1) is 0 Å². The molecular weight excluding hydrogens is 273 g/mol. The van der Waals surface area contributed by atoms with Crippen molar-refractivity contribution >= 4 is 33.3 Å². The van der Waals surface area contributed by atoms with Crippen molar-refractivity contribution in [2.24, 2.45) is 5.73 Å². The standard InChI is InChI=1S/C9H11Cl2NO3S/c10-7-1-6(2-8(11)4-7)3-9(12)5-16(13,14)15/h1-2,4,9H,3,5,12H2,(H,13,14,15)/t9-/m1/s1. The molecule has 16 heavy (non-hydrogen) atoms. The average molecular weight is 284 g/mol. The van der Waals surface area contributed by atoms with Crippen molar-refractivity contribution in [3.63, 3.8) is 0 Å². The highest BCUT2D eigenvalue weighted by atomic mass is 35.5. The van der Waals surface area contributed by atoms with Crippen LogP contribution < -0.4 is 5.73 Å². The summed E-state index contributed by atoms with van der Waals surface area (Å²) in [4.78, 5) is 0. The summed E-state index contributed by atoms with van der Waals surface area (Å²) < 4.78 is 29.8. The molecule has 1 atom stereocenters. The van der Waals surface area contributed by atoms with Gasteiger partial charge < -0.3 is 5.73 Å². The third-order valence-corrected chi connectivity index (χ3v) is 3.13. The molecule has 0 aliphatic carbocycles. The molecule has 7 heteroatoms. The summed E-state index contributed by atoms with van der Waals surface area (Å²) in [6.07, 6.45) is 0.278. The fraction of sp³-hybridized carbons (Fsp3) is 0.333. The lowest BCUT2D eigenvalue weighted by molar-refractivity contribution is 0.476. The lowest BCUT2D eigenvalue weighted by atomic mass is 10.1. The largest absolute Gasteiger partial charge is 0.326 e. The molecule has 1 aromatic rings. The summed E-state index contributed by atoms with van der Waals surface area (Å²) >= 11 is 11.5. The number of hydrogen-bond acceptors (Lipinski definition) is 3. The Morgan fingerprint density at radius 2 is 1.75 bits per heavy atom. The monoisotopic (exact) mass is 283 g/mol. The molecule has 0 aliphatic heterocycles. The van der Waals surface area contributed by atoms with E-state index in [-0.39, 0.29) is 6.42 Å². The van der Waals surface area contributed by atoms with Crippen LogP contribution in [0.15, 0.2) is 18.2 Å². The third-order valence-electron chi connectivity index (χ3n) is 1.84. The van der Waals surface area contributed by atoms with E-state index in [0.29, 0.717) is 10.0 Å². The molecule has 0 aromatic heterocycles. The molecule has 90 valence electrons. The minimum Gasteiger partial charge on any atom is -0.326 e. The first-order chi connectivity index (χ1) is 7.26. The van der Waals surface area contributed by atoms with Crippen LogP contribution in [0.1, 0.15) is 5.56 Å². The first kappa shape index (κ1) is 13.7.